The monoisotopic (exact) mass is 195 g/mol. The van der Waals surface area contributed by atoms with E-state index in [0.29, 0.717) is 0 Å². The van der Waals surface area contributed by atoms with E-state index in [-0.39, 0.29) is 11.6 Å². The number of nitrogens with zero attached hydrogens (tertiary/aromatic N) is 6. The van der Waals surface area contributed by atoms with Crippen LogP contribution in [0, 0.1) is 0 Å². The third-order valence-corrected chi connectivity index (χ3v) is 1.17. The highest BCUT2D eigenvalue weighted by Crippen LogP contribution is 2.03. The van der Waals surface area contributed by atoms with Crippen molar-refractivity contribution in [3.63, 3.8) is 0 Å². The van der Waals surface area contributed by atoms with Crippen LogP contribution in [0.3, 0.4) is 0 Å². The minimum Gasteiger partial charge on any atom is -0.379 e. The van der Waals surface area contributed by atoms with E-state index >= 15 is 0 Å². The molecule has 0 fully saturated rings. The lowest BCUT2D eigenvalue weighted by Crippen LogP contribution is -2.13. The van der Waals surface area contributed by atoms with Crippen LogP contribution in [0.5, 0.6) is 0 Å². The molecule has 0 aliphatic rings. The van der Waals surface area contributed by atoms with Crippen LogP contribution < -0.4 is 17.3 Å². The van der Waals surface area contributed by atoms with Gasteiger partial charge in [0.15, 0.2) is 11.6 Å². The van der Waals surface area contributed by atoms with Crippen molar-refractivity contribution in [3.05, 3.63) is 18.5 Å². The third kappa shape index (κ3) is 2.55. The first kappa shape index (κ1) is 9.64. The predicted molar refractivity (Wildman–Crippen MR) is 48.8 cm³/mol. The number of nitrogen functional groups attached to an aromatic ring is 3. The second kappa shape index (κ2) is 4.54. The average molecular weight is 195 g/mol. The summed E-state index contributed by atoms with van der Waals surface area (Å²) in [5.74, 6) is 5.42. The highest BCUT2D eigenvalue weighted by molar-refractivity contribution is 5.51. The standard InChI is InChI=1S/C3H3N3.C2H6N6/c1-2-4-6-5-3-1;3-1-2(4)8(5)7-6-1/h1-3H;3-5H2. The Morgan fingerprint density at radius 3 is 1.93 bits per heavy atom. The maximum atomic E-state index is 5.19. The molecule has 0 aromatic carbocycles. The van der Waals surface area contributed by atoms with Gasteiger partial charge in [-0.1, -0.05) is 0 Å². The molecular formula is C5H9N9. The van der Waals surface area contributed by atoms with E-state index in [2.05, 4.69) is 25.7 Å². The predicted octanol–water partition coefficient (Wildman–Crippen LogP) is -1.97. The van der Waals surface area contributed by atoms with Crippen LogP contribution in [-0.4, -0.2) is 30.5 Å². The zero-order valence-electron chi connectivity index (χ0n) is 7.15. The highest BCUT2D eigenvalue weighted by Gasteiger charge is 1.99. The van der Waals surface area contributed by atoms with E-state index in [1.165, 1.54) is 0 Å². The summed E-state index contributed by atoms with van der Waals surface area (Å²) >= 11 is 0. The molecule has 74 valence electrons. The Morgan fingerprint density at radius 1 is 1.14 bits per heavy atom. The van der Waals surface area contributed by atoms with E-state index < -0.39 is 0 Å². The molecular weight excluding hydrogens is 186 g/mol. The summed E-state index contributed by atoms with van der Waals surface area (Å²) in [4.78, 5) is 0.912. The molecule has 0 spiro atoms. The van der Waals surface area contributed by atoms with E-state index in [1.807, 2.05) is 0 Å². The summed E-state index contributed by atoms with van der Waals surface area (Å²) in [7, 11) is 0. The normalized spacial score (nSPS) is 8.86. The molecule has 0 aliphatic carbocycles. The van der Waals surface area contributed by atoms with Gasteiger partial charge >= 0.3 is 0 Å². The lowest BCUT2D eigenvalue weighted by molar-refractivity contribution is 0.773. The maximum Gasteiger partial charge on any atom is 0.192 e. The molecule has 0 radical (unpaired) electrons. The second-order valence-electron chi connectivity index (χ2n) is 2.12. The average Bonchev–Trinajstić information content (AvgIpc) is 2.53. The summed E-state index contributed by atoms with van der Waals surface area (Å²) in [5.41, 5.74) is 10.3. The van der Waals surface area contributed by atoms with Crippen molar-refractivity contribution >= 4 is 11.6 Å². The zero-order chi connectivity index (χ0) is 10.4. The molecule has 14 heavy (non-hydrogen) atoms. The van der Waals surface area contributed by atoms with Gasteiger partial charge in [-0.25, -0.2) is 0 Å². The van der Waals surface area contributed by atoms with Crippen LogP contribution in [0.4, 0.5) is 11.6 Å². The molecule has 6 N–H and O–H groups in total. The summed E-state index contributed by atoms with van der Waals surface area (Å²) in [6.45, 7) is 0. The molecule has 2 aromatic rings. The van der Waals surface area contributed by atoms with Crippen LogP contribution >= 0.6 is 0 Å². The van der Waals surface area contributed by atoms with Gasteiger partial charge in [0.05, 0.1) is 12.4 Å². The maximum absolute atomic E-state index is 5.19. The van der Waals surface area contributed by atoms with E-state index in [1.54, 1.807) is 18.5 Å². The fourth-order valence-corrected chi connectivity index (χ4v) is 0.518. The molecule has 2 aromatic heterocycles. The molecule has 0 atom stereocenters. The summed E-state index contributed by atoms with van der Waals surface area (Å²) in [5, 5.41) is 16.8. The minimum absolute atomic E-state index is 0.160. The van der Waals surface area contributed by atoms with Gasteiger partial charge in [-0.3, -0.25) is 0 Å². The molecule has 2 rings (SSSR count). The number of hydrogen-bond donors (Lipinski definition) is 3. The van der Waals surface area contributed by atoms with Gasteiger partial charge in [-0.2, -0.15) is 0 Å². The Kier molecular flexibility index (Phi) is 3.13. The molecule has 9 heteroatoms. The van der Waals surface area contributed by atoms with Crippen LogP contribution in [0.25, 0.3) is 0 Å². The lowest BCUT2D eigenvalue weighted by Gasteiger charge is -1.88. The fourth-order valence-electron chi connectivity index (χ4n) is 0.518. The van der Waals surface area contributed by atoms with Gasteiger partial charge in [-0.05, 0) is 16.5 Å². The topological polar surface area (TPSA) is 147 Å². The van der Waals surface area contributed by atoms with Gasteiger partial charge in [0.25, 0.3) is 0 Å². The third-order valence-electron chi connectivity index (χ3n) is 1.17. The Hall–Kier alpha value is -2.45. The van der Waals surface area contributed by atoms with E-state index in [4.69, 9.17) is 17.3 Å². The summed E-state index contributed by atoms with van der Waals surface area (Å²) in [6, 6.07) is 1.72. The van der Waals surface area contributed by atoms with Crippen molar-refractivity contribution in [1.29, 1.82) is 0 Å². The van der Waals surface area contributed by atoms with Crippen LogP contribution in [0.1, 0.15) is 0 Å². The number of aromatic nitrogens is 6. The number of anilines is 2. The first-order valence-corrected chi connectivity index (χ1v) is 3.52. The lowest BCUT2D eigenvalue weighted by atomic mass is 10.7. The van der Waals surface area contributed by atoms with Crippen molar-refractivity contribution in [1.82, 2.24) is 30.5 Å². The van der Waals surface area contributed by atoms with Crippen molar-refractivity contribution in [2.24, 2.45) is 0 Å². The summed E-state index contributed by atoms with van der Waals surface area (Å²) < 4.78 is 0. The van der Waals surface area contributed by atoms with E-state index in [0.717, 1.165) is 4.79 Å². The van der Waals surface area contributed by atoms with Crippen LogP contribution in [-0.2, 0) is 0 Å². The molecule has 0 amide bonds. The van der Waals surface area contributed by atoms with Gasteiger partial charge < -0.3 is 17.3 Å². The summed E-state index contributed by atoms with van der Waals surface area (Å²) in [6.07, 6.45) is 3.15. The van der Waals surface area contributed by atoms with Gasteiger partial charge in [0, 0.05) is 0 Å². The van der Waals surface area contributed by atoms with Crippen LogP contribution in [0.15, 0.2) is 18.5 Å². The van der Waals surface area contributed by atoms with Crippen molar-refractivity contribution in [2.75, 3.05) is 17.3 Å². The van der Waals surface area contributed by atoms with Crippen molar-refractivity contribution in [3.8, 4) is 0 Å². The zero-order valence-corrected chi connectivity index (χ0v) is 7.15. The number of hydrogen-bond acceptors (Lipinski definition) is 8. The largest absolute Gasteiger partial charge is 0.379 e. The Morgan fingerprint density at radius 2 is 1.79 bits per heavy atom. The number of nitrogens with two attached hydrogens (primary N) is 3. The van der Waals surface area contributed by atoms with Crippen molar-refractivity contribution in [2.45, 2.75) is 0 Å². The SMILES string of the molecule is Nc1nnn(N)c1N.c1cnnnc1. The molecule has 9 nitrogen and oxygen atoms in total. The number of rotatable bonds is 0. The molecule has 0 aliphatic heterocycles. The van der Waals surface area contributed by atoms with Gasteiger partial charge in [0.2, 0.25) is 0 Å². The minimum atomic E-state index is 0.160. The quantitative estimate of drug-likeness (QED) is 0.410. The Balaban J connectivity index is 0.000000146. The van der Waals surface area contributed by atoms with Crippen molar-refractivity contribution < 1.29 is 0 Å². The molecule has 0 bridgehead atoms. The molecule has 0 saturated heterocycles. The van der Waals surface area contributed by atoms with E-state index in [9.17, 15) is 0 Å². The van der Waals surface area contributed by atoms with Crippen LogP contribution in [0.2, 0.25) is 0 Å². The Labute approximate surface area is 78.9 Å². The first-order valence-electron chi connectivity index (χ1n) is 3.52. The molecule has 0 unspecified atom stereocenters. The molecule has 2 heterocycles. The fraction of sp³-hybridized carbons (Fsp3) is 0. The van der Waals surface area contributed by atoms with Gasteiger partial charge in [0.1, 0.15) is 0 Å². The second-order valence-corrected chi connectivity index (χ2v) is 2.12. The first-order chi connectivity index (χ1) is 6.72. The Bertz CT molecular complexity index is 322. The van der Waals surface area contributed by atoms with Gasteiger partial charge in [-0.15, -0.1) is 20.1 Å². The highest BCUT2D eigenvalue weighted by atomic mass is 15.6. The molecule has 0 saturated carbocycles. The smallest absolute Gasteiger partial charge is 0.192 e.